The highest BCUT2D eigenvalue weighted by atomic mass is 16.3. The minimum absolute atomic E-state index is 0.556. The van der Waals surface area contributed by atoms with Crippen LogP contribution < -0.4 is 0 Å². The fourth-order valence-electron chi connectivity index (χ4n) is 6.79. The van der Waals surface area contributed by atoms with Crippen LogP contribution in [0.1, 0.15) is 16.7 Å². The van der Waals surface area contributed by atoms with Gasteiger partial charge in [0, 0.05) is 38.9 Å². The molecule has 9 aromatic rings. The molecule has 4 heteroatoms. The molecule has 0 aliphatic carbocycles. The highest BCUT2D eigenvalue weighted by Crippen LogP contribution is 2.37. The third-order valence-electron chi connectivity index (χ3n) is 9.17. The van der Waals surface area contributed by atoms with Crippen LogP contribution in [0.3, 0.4) is 0 Å². The molecule has 7 aromatic carbocycles. The first-order valence-electron chi connectivity index (χ1n) is 16.5. The van der Waals surface area contributed by atoms with Crippen LogP contribution in [0.15, 0.2) is 184 Å². The maximum atomic E-state index is 6.12. The molecule has 4 nitrogen and oxygen atoms in total. The largest absolute Gasteiger partial charge is 0.456 e. The molecular formula is C45H31N3O. The third-order valence-corrected chi connectivity index (χ3v) is 9.17. The van der Waals surface area contributed by atoms with E-state index in [1.54, 1.807) is 0 Å². The van der Waals surface area contributed by atoms with E-state index in [9.17, 15) is 0 Å². The maximum Gasteiger partial charge on any atom is 0.154 e. The lowest BCUT2D eigenvalue weighted by molar-refractivity contribution is 0.669. The van der Waals surface area contributed by atoms with E-state index in [0.717, 1.165) is 66.5 Å². The Hall–Kier alpha value is -6.52. The first-order valence-corrected chi connectivity index (χ1v) is 16.5. The fourth-order valence-corrected chi connectivity index (χ4v) is 6.79. The summed E-state index contributed by atoms with van der Waals surface area (Å²) in [6.07, 6.45) is 1.95. The van der Waals surface area contributed by atoms with Gasteiger partial charge >= 0.3 is 0 Å². The predicted molar refractivity (Wildman–Crippen MR) is 204 cm³/mol. The van der Waals surface area contributed by atoms with Gasteiger partial charge in [-0.15, -0.1) is 0 Å². The van der Waals surface area contributed by atoms with Crippen LogP contribution in [0.5, 0.6) is 0 Å². The summed E-state index contributed by atoms with van der Waals surface area (Å²) in [4.78, 5) is 9.99. The third kappa shape index (κ3) is 5.30. The highest BCUT2D eigenvalue weighted by Gasteiger charge is 2.16. The van der Waals surface area contributed by atoms with Crippen molar-refractivity contribution in [3.8, 4) is 16.8 Å². The zero-order valence-electron chi connectivity index (χ0n) is 26.7. The molecule has 232 valence electrons. The molecule has 2 aromatic heterocycles. The monoisotopic (exact) mass is 629 g/mol. The van der Waals surface area contributed by atoms with Gasteiger partial charge in [-0.05, 0) is 53.1 Å². The molecule has 0 spiro atoms. The van der Waals surface area contributed by atoms with Crippen LogP contribution in [-0.2, 0) is 6.54 Å². The number of hydrogen-bond acceptors (Lipinski definition) is 2. The Labute approximate surface area is 283 Å². The second kappa shape index (κ2) is 12.3. The molecule has 0 radical (unpaired) electrons. The van der Waals surface area contributed by atoms with Gasteiger partial charge in [0.05, 0.1) is 23.3 Å². The average Bonchev–Trinajstić information content (AvgIpc) is 3.71. The number of aromatic nitrogens is 1. The van der Waals surface area contributed by atoms with Gasteiger partial charge in [0.1, 0.15) is 11.2 Å². The SMILES string of the molecule is C(=N\C(=N/Cc1ccccc1)c1ccccc1)/c1ccccc1-n1c2ccccc2c2ccc(-c3ccc4oc5ccccc5c4c3)cc21. The van der Waals surface area contributed by atoms with Gasteiger partial charge in [-0.3, -0.25) is 4.99 Å². The van der Waals surface area contributed by atoms with Gasteiger partial charge in [-0.1, -0.05) is 133 Å². The van der Waals surface area contributed by atoms with Gasteiger partial charge in [0.15, 0.2) is 5.84 Å². The van der Waals surface area contributed by atoms with Crippen molar-refractivity contribution in [3.63, 3.8) is 0 Å². The van der Waals surface area contributed by atoms with Crippen molar-refractivity contribution in [1.82, 2.24) is 4.57 Å². The Morgan fingerprint density at radius 2 is 1.18 bits per heavy atom. The molecule has 9 rings (SSSR count). The van der Waals surface area contributed by atoms with E-state index >= 15 is 0 Å². The zero-order valence-corrected chi connectivity index (χ0v) is 26.7. The molecule has 0 atom stereocenters. The van der Waals surface area contributed by atoms with Gasteiger partial charge < -0.3 is 8.98 Å². The second-order valence-electron chi connectivity index (χ2n) is 12.2. The highest BCUT2D eigenvalue weighted by molar-refractivity contribution is 6.12. The lowest BCUT2D eigenvalue weighted by Crippen LogP contribution is -2.02. The Morgan fingerprint density at radius 1 is 0.531 bits per heavy atom. The minimum atomic E-state index is 0.556. The summed E-state index contributed by atoms with van der Waals surface area (Å²) < 4.78 is 8.49. The molecule has 49 heavy (non-hydrogen) atoms. The van der Waals surface area contributed by atoms with E-state index in [0.29, 0.717) is 12.4 Å². The van der Waals surface area contributed by atoms with E-state index in [1.165, 1.54) is 10.8 Å². The Bertz CT molecular complexity index is 2680. The molecule has 0 N–H and O–H groups in total. The molecule has 2 heterocycles. The van der Waals surface area contributed by atoms with Crippen LogP contribution in [0.4, 0.5) is 0 Å². The van der Waals surface area contributed by atoms with Gasteiger partial charge in [-0.25, -0.2) is 4.99 Å². The summed E-state index contributed by atoms with van der Waals surface area (Å²) in [7, 11) is 0. The first-order chi connectivity index (χ1) is 24.3. The molecule has 0 aliphatic heterocycles. The number of aliphatic imine (C=N–C) groups is 2. The van der Waals surface area contributed by atoms with Crippen molar-refractivity contribution < 1.29 is 4.42 Å². The summed E-state index contributed by atoms with van der Waals surface area (Å²) in [6.45, 7) is 0.556. The average molecular weight is 630 g/mol. The summed E-state index contributed by atoms with van der Waals surface area (Å²) in [6, 6.07) is 59.1. The molecule has 0 amide bonds. The van der Waals surface area contributed by atoms with Gasteiger partial charge in [0.25, 0.3) is 0 Å². The van der Waals surface area contributed by atoms with Crippen LogP contribution >= 0.6 is 0 Å². The van der Waals surface area contributed by atoms with Crippen LogP contribution in [-0.4, -0.2) is 16.6 Å². The van der Waals surface area contributed by atoms with Crippen molar-refractivity contribution in [2.24, 2.45) is 9.98 Å². The number of fused-ring (bicyclic) bond motifs is 6. The molecule has 0 bridgehead atoms. The van der Waals surface area contributed by atoms with Crippen molar-refractivity contribution in [2.75, 3.05) is 0 Å². The molecule has 0 fully saturated rings. The molecular weight excluding hydrogens is 599 g/mol. The summed E-state index contributed by atoms with van der Waals surface area (Å²) in [5.74, 6) is 0.700. The lowest BCUT2D eigenvalue weighted by Gasteiger charge is -2.12. The summed E-state index contributed by atoms with van der Waals surface area (Å²) >= 11 is 0. The lowest BCUT2D eigenvalue weighted by atomic mass is 10.0. The normalized spacial score (nSPS) is 12.2. The van der Waals surface area contributed by atoms with Gasteiger partial charge in [-0.2, -0.15) is 0 Å². The van der Waals surface area contributed by atoms with E-state index in [4.69, 9.17) is 14.4 Å². The molecule has 0 saturated carbocycles. The quantitative estimate of drug-likeness (QED) is 0.133. The number of hydrogen-bond donors (Lipinski definition) is 0. The number of nitrogens with zero attached hydrogens (tertiary/aromatic N) is 3. The Balaban J connectivity index is 1.18. The maximum absolute atomic E-state index is 6.12. The first kappa shape index (κ1) is 28.7. The number of para-hydroxylation sites is 3. The number of amidine groups is 1. The van der Waals surface area contributed by atoms with Crippen molar-refractivity contribution >= 4 is 55.8 Å². The van der Waals surface area contributed by atoms with Crippen LogP contribution in [0.2, 0.25) is 0 Å². The van der Waals surface area contributed by atoms with E-state index in [-0.39, 0.29) is 0 Å². The number of furan rings is 1. The van der Waals surface area contributed by atoms with Crippen LogP contribution in [0.25, 0.3) is 60.6 Å². The topological polar surface area (TPSA) is 42.8 Å². The second-order valence-corrected chi connectivity index (χ2v) is 12.2. The zero-order chi connectivity index (χ0) is 32.6. The van der Waals surface area contributed by atoms with E-state index < -0.39 is 0 Å². The Kier molecular flexibility index (Phi) is 7.17. The number of benzene rings is 7. The molecule has 0 aliphatic rings. The van der Waals surface area contributed by atoms with Crippen molar-refractivity contribution in [2.45, 2.75) is 6.54 Å². The molecule has 0 unspecified atom stereocenters. The van der Waals surface area contributed by atoms with E-state index in [1.807, 2.05) is 54.7 Å². The Morgan fingerprint density at radius 3 is 2.06 bits per heavy atom. The fraction of sp³-hybridized carbons (Fsp3) is 0.0222. The smallest absolute Gasteiger partial charge is 0.154 e. The molecule has 0 saturated heterocycles. The predicted octanol–water partition coefficient (Wildman–Crippen LogP) is 11.4. The van der Waals surface area contributed by atoms with Crippen LogP contribution in [0, 0.1) is 0 Å². The summed E-state index contributed by atoms with van der Waals surface area (Å²) in [5.41, 5.74) is 10.6. The van der Waals surface area contributed by atoms with Crippen molar-refractivity contribution in [1.29, 1.82) is 0 Å². The summed E-state index contributed by atoms with van der Waals surface area (Å²) in [5, 5.41) is 4.67. The van der Waals surface area contributed by atoms with Gasteiger partial charge in [0.2, 0.25) is 0 Å². The van der Waals surface area contributed by atoms with E-state index in [2.05, 4.69) is 126 Å². The number of rotatable bonds is 6. The standard InChI is InChI=1S/C45H31N3O/c1-3-13-31(14-4-1)29-46-45(32-15-5-2-6-16-32)47-30-35-17-7-10-20-40(35)48-41-21-11-8-18-36(41)37-25-23-34(28-42(37)48)33-24-26-44-39(27-33)38-19-9-12-22-43(38)49-44/h1-28,30H,29H2/b46-45-,47-30+. The minimum Gasteiger partial charge on any atom is -0.456 e. The van der Waals surface area contributed by atoms with Crippen molar-refractivity contribution in [3.05, 3.63) is 187 Å².